The molecule has 20 heavy (non-hydrogen) atoms. The topological polar surface area (TPSA) is 12.0 Å². The van der Waals surface area contributed by atoms with E-state index < -0.39 is 0 Å². The van der Waals surface area contributed by atoms with Gasteiger partial charge < -0.3 is 5.32 Å². The van der Waals surface area contributed by atoms with Gasteiger partial charge in [-0.05, 0) is 57.1 Å². The molecule has 0 heterocycles. The molecule has 1 heteroatoms. The Kier molecular flexibility index (Phi) is 6.09. The molecule has 0 amide bonds. The molecule has 0 aromatic heterocycles. The summed E-state index contributed by atoms with van der Waals surface area (Å²) in [6, 6.07) is 7.13. The van der Waals surface area contributed by atoms with Crippen LogP contribution in [-0.2, 0) is 0 Å². The molecule has 1 nitrogen and oxygen atoms in total. The highest BCUT2D eigenvalue weighted by molar-refractivity contribution is 5.31. The summed E-state index contributed by atoms with van der Waals surface area (Å²) in [5.41, 5.74) is 4.39. The van der Waals surface area contributed by atoms with E-state index in [1.54, 1.807) is 5.56 Å². The van der Waals surface area contributed by atoms with Crippen molar-refractivity contribution < 1.29 is 0 Å². The standard InChI is InChI=1S/C19H31N/c1-4-10-20-14-19(17-8-6-5-7-9-17)18-12-15(2)11-16(3)13-18/h11-13,17,19-20H,4-10,14H2,1-3H3. The first-order chi connectivity index (χ1) is 9.70. The first-order valence-electron chi connectivity index (χ1n) is 8.49. The van der Waals surface area contributed by atoms with Crippen molar-refractivity contribution in [2.45, 2.75) is 65.2 Å². The van der Waals surface area contributed by atoms with Crippen molar-refractivity contribution in [3.05, 3.63) is 34.9 Å². The van der Waals surface area contributed by atoms with E-state index in [9.17, 15) is 0 Å². The minimum atomic E-state index is 0.709. The highest BCUT2D eigenvalue weighted by Crippen LogP contribution is 2.36. The SMILES string of the molecule is CCCNCC(c1cc(C)cc(C)c1)C1CCCCC1. The Morgan fingerprint density at radius 1 is 1.05 bits per heavy atom. The van der Waals surface area contributed by atoms with Gasteiger partial charge in [-0.3, -0.25) is 0 Å². The summed E-state index contributed by atoms with van der Waals surface area (Å²) in [7, 11) is 0. The van der Waals surface area contributed by atoms with Gasteiger partial charge in [-0.1, -0.05) is 55.5 Å². The summed E-state index contributed by atoms with van der Waals surface area (Å²) in [5, 5.41) is 3.67. The second kappa shape index (κ2) is 7.83. The Bertz CT molecular complexity index is 384. The van der Waals surface area contributed by atoms with E-state index in [1.165, 1.54) is 49.7 Å². The smallest absolute Gasteiger partial charge is 0.00228 e. The lowest BCUT2D eigenvalue weighted by Crippen LogP contribution is -2.28. The third kappa shape index (κ3) is 4.34. The van der Waals surface area contributed by atoms with Gasteiger partial charge in [-0.15, -0.1) is 0 Å². The highest BCUT2D eigenvalue weighted by Gasteiger charge is 2.25. The lowest BCUT2D eigenvalue weighted by atomic mass is 9.76. The number of nitrogens with one attached hydrogen (secondary N) is 1. The quantitative estimate of drug-likeness (QED) is 0.722. The zero-order valence-corrected chi connectivity index (χ0v) is 13.5. The fourth-order valence-electron chi connectivity index (χ4n) is 3.75. The van der Waals surface area contributed by atoms with Crippen LogP contribution in [0.3, 0.4) is 0 Å². The van der Waals surface area contributed by atoms with E-state index in [0.717, 1.165) is 19.0 Å². The lowest BCUT2D eigenvalue weighted by molar-refractivity contribution is 0.297. The van der Waals surface area contributed by atoms with Crippen LogP contribution >= 0.6 is 0 Å². The number of hydrogen-bond donors (Lipinski definition) is 1. The zero-order chi connectivity index (χ0) is 14.4. The van der Waals surface area contributed by atoms with Gasteiger partial charge in [0.1, 0.15) is 0 Å². The van der Waals surface area contributed by atoms with Gasteiger partial charge in [0.15, 0.2) is 0 Å². The van der Waals surface area contributed by atoms with Gasteiger partial charge >= 0.3 is 0 Å². The maximum absolute atomic E-state index is 3.67. The monoisotopic (exact) mass is 273 g/mol. The molecule has 1 aliphatic carbocycles. The van der Waals surface area contributed by atoms with Crippen molar-refractivity contribution in [3.8, 4) is 0 Å². The summed E-state index contributed by atoms with van der Waals surface area (Å²) in [6.45, 7) is 9.01. The Morgan fingerprint density at radius 2 is 1.70 bits per heavy atom. The molecule has 0 saturated heterocycles. The molecule has 1 aliphatic rings. The van der Waals surface area contributed by atoms with Crippen LogP contribution in [0.4, 0.5) is 0 Å². The predicted molar refractivity (Wildman–Crippen MR) is 88.4 cm³/mol. The van der Waals surface area contributed by atoms with Crippen molar-refractivity contribution in [2.75, 3.05) is 13.1 Å². The third-order valence-corrected chi connectivity index (χ3v) is 4.68. The molecule has 2 rings (SSSR count). The number of aryl methyl sites for hydroxylation is 2. The number of rotatable bonds is 6. The largest absolute Gasteiger partial charge is 0.316 e. The fourth-order valence-corrected chi connectivity index (χ4v) is 3.75. The van der Waals surface area contributed by atoms with Crippen molar-refractivity contribution in [2.24, 2.45) is 5.92 Å². The second-order valence-corrected chi connectivity index (χ2v) is 6.63. The summed E-state index contributed by atoms with van der Waals surface area (Å²) in [5.74, 6) is 1.59. The van der Waals surface area contributed by atoms with E-state index >= 15 is 0 Å². The molecule has 1 fully saturated rings. The van der Waals surface area contributed by atoms with Crippen LogP contribution in [-0.4, -0.2) is 13.1 Å². The van der Waals surface area contributed by atoms with Crippen LogP contribution in [0.5, 0.6) is 0 Å². The minimum absolute atomic E-state index is 0.709. The Labute approximate surface area is 125 Å². The Morgan fingerprint density at radius 3 is 2.30 bits per heavy atom. The summed E-state index contributed by atoms with van der Waals surface area (Å²) in [4.78, 5) is 0. The Hall–Kier alpha value is -0.820. The molecular formula is C19H31N. The summed E-state index contributed by atoms with van der Waals surface area (Å²) in [6.07, 6.45) is 8.37. The van der Waals surface area contributed by atoms with Crippen LogP contribution < -0.4 is 5.32 Å². The van der Waals surface area contributed by atoms with E-state index in [1.807, 2.05) is 0 Å². The third-order valence-electron chi connectivity index (χ3n) is 4.68. The van der Waals surface area contributed by atoms with E-state index in [4.69, 9.17) is 0 Å². The average Bonchev–Trinajstić information content (AvgIpc) is 2.43. The van der Waals surface area contributed by atoms with E-state index in [0.29, 0.717) is 5.92 Å². The molecule has 1 atom stereocenters. The van der Waals surface area contributed by atoms with Crippen LogP contribution in [0.15, 0.2) is 18.2 Å². The molecule has 1 N–H and O–H groups in total. The Balaban J connectivity index is 2.15. The van der Waals surface area contributed by atoms with Gasteiger partial charge in [-0.2, -0.15) is 0 Å². The molecule has 1 aromatic carbocycles. The predicted octanol–water partition coefficient (Wildman–Crippen LogP) is 4.97. The van der Waals surface area contributed by atoms with Gasteiger partial charge in [0.2, 0.25) is 0 Å². The summed E-state index contributed by atoms with van der Waals surface area (Å²) < 4.78 is 0. The van der Waals surface area contributed by atoms with Gasteiger partial charge in [-0.25, -0.2) is 0 Å². The van der Waals surface area contributed by atoms with E-state index in [2.05, 4.69) is 44.3 Å². The average molecular weight is 273 g/mol. The maximum Gasteiger partial charge on any atom is 0.00228 e. The van der Waals surface area contributed by atoms with Crippen LogP contribution in [0.2, 0.25) is 0 Å². The van der Waals surface area contributed by atoms with Crippen molar-refractivity contribution in [3.63, 3.8) is 0 Å². The molecule has 0 aliphatic heterocycles. The first-order valence-corrected chi connectivity index (χ1v) is 8.49. The van der Waals surface area contributed by atoms with Crippen LogP contribution in [0, 0.1) is 19.8 Å². The minimum Gasteiger partial charge on any atom is -0.316 e. The van der Waals surface area contributed by atoms with Gasteiger partial charge in [0.25, 0.3) is 0 Å². The van der Waals surface area contributed by atoms with Gasteiger partial charge in [0.05, 0.1) is 0 Å². The molecule has 0 bridgehead atoms. The van der Waals surface area contributed by atoms with Crippen molar-refractivity contribution >= 4 is 0 Å². The molecule has 0 spiro atoms. The molecular weight excluding hydrogens is 242 g/mol. The zero-order valence-electron chi connectivity index (χ0n) is 13.5. The van der Waals surface area contributed by atoms with Gasteiger partial charge in [0, 0.05) is 6.54 Å². The molecule has 1 unspecified atom stereocenters. The fraction of sp³-hybridized carbons (Fsp3) is 0.684. The second-order valence-electron chi connectivity index (χ2n) is 6.63. The summed E-state index contributed by atoms with van der Waals surface area (Å²) >= 11 is 0. The van der Waals surface area contributed by atoms with Crippen molar-refractivity contribution in [1.82, 2.24) is 5.32 Å². The van der Waals surface area contributed by atoms with Crippen LogP contribution in [0.1, 0.15) is 68.1 Å². The maximum atomic E-state index is 3.67. The molecule has 1 saturated carbocycles. The first kappa shape index (κ1) is 15.6. The van der Waals surface area contributed by atoms with Crippen molar-refractivity contribution in [1.29, 1.82) is 0 Å². The lowest BCUT2D eigenvalue weighted by Gasteiger charge is -2.31. The highest BCUT2D eigenvalue weighted by atomic mass is 14.9. The molecule has 1 aromatic rings. The number of hydrogen-bond acceptors (Lipinski definition) is 1. The number of benzene rings is 1. The van der Waals surface area contributed by atoms with Crippen LogP contribution in [0.25, 0.3) is 0 Å². The molecule has 112 valence electrons. The van der Waals surface area contributed by atoms with E-state index in [-0.39, 0.29) is 0 Å². The normalized spacial score (nSPS) is 18.1. The molecule has 0 radical (unpaired) electrons.